The third kappa shape index (κ3) is 7.57. The van der Waals surface area contributed by atoms with Crippen molar-refractivity contribution in [3.8, 4) is 0 Å². The molecule has 0 aromatic heterocycles. The van der Waals surface area contributed by atoms with Crippen LogP contribution in [-0.2, 0) is 42.9 Å². The van der Waals surface area contributed by atoms with Gasteiger partial charge < -0.3 is 29.0 Å². The van der Waals surface area contributed by atoms with E-state index in [1.54, 1.807) is 0 Å². The highest BCUT2D eigenvalue weighted by Gasteiger charge is 2.52. The molecule has 0 radical (unpaired) electrons. The van der Waals surface area contributed by atoms with Crippen LogP contribution < -0.4 is 5.32 Å². The molecule has 1 saturated heterocycles. The van der Waals surface area contributed by atoms with Gasteiger partial charge >= 0.3 is 23.9 Å². The van der Waals surface area contributed by atoms with Crippen molar-refractivity contribution in [1.82, 2.24) is 5.32 Å². The molecular weight excluding hydrogens is 497 g/mol. The molecule has 13 heteroatoms. The van der Waals surface area contributed by atoms with Gasteiger partial charge in [-0.3, -0.25) is 24.0 Å². The zero-order valence-electron chi connectivity index (χ0n) is 18.7. The minimum atomic E-state index is -1.51. The second-order valence-electron chi connectivity index (χ2n) is 7.23. The summed E-state index contributed by atoms with van der Waals surface area (Å²) in [5.41, 5.74) is 0.0142. The van der Waals surface area contributed by atoms with Crippen LogP contribution in [0.15, 0.2) is 18.2 Å². The predicted octanol–water partition coefficient (Wildman–Crippen LogP) is 1.81. The lowest BCUT2D eigenvalue weighted by atomic mass is 9.95. The molecule has 5 atom stereocenters. The summed E-state index contributed by atoms with van der Waals surface area (Å²) in [6.07, 6.45) is -5.44. The molecule has 0 unspecified atom stereocenters. The predicted molar refractivity (Wildman–Crippen MR) is 116 cm³/mol. The number of carbonyl (C=O) groups is 5. The number of carbonyl (C=O) groups excluding carboxylic acids is 5. The van der Waals surface area contributed by atoms with E-state index in [9.17, 15) is 24.0 Å². The lowest BCUT2D eigenvalue weighted by molar-refractivity contribution is -0.270. The smallest absolute Gasteiger partial charge is 0.305 e. The van der Waals surface area contributed by atoms with Gasteiger partial charge in [-0.2, -0.15) is 0 Å². The Bertz CT molecular complexity index is 969. The summed E-state index contributed by atoms with van der Waals surface area (Å²) in [5, 5.41) is 2.87. The van der Waals surface area contributed by atoms with Gasteiger partial charge in [0.1, 0.15) is 18.8 Å². The molecule has 186 valence electrons. The Kier molecular flexibility index (Phi) is 9.66. The molecule has 34 heavy (non-hydrogen) atoms. The Morgan fingerprint density at radius 3 is 2.00 bits per heavy atom. The molecule has 1 aromatic rings. The van der Waals surface area contributed by atoms with Crippen molar-refractivity contribution in [2.75, 3.05) is 6.61 Å². The fourth-order valence-corrected chi connectivity index (χ4v) is 3.72. The Morgan fingerprint density at radius 2 is 1.47 bits per heavy atom. The fourth-order valence-electron chi connectivity index (χ4n) is 3.22. The Morgan fingerprint density at radius 1 is 0.882 bits per heavy atom. The van der Waals surface area contributed by atoms with Crippen molar-refractivity contribution in [2.45, 2.75) is 58.3 Å². The van der Waals surface area contributed by atoms with Gasteiger partial charge in [-0.1, -0.05) is 23.2 Å². The summed E-state index contributed by atoms with van der Waals surface area (Å²) in [7, 11) is 0. The van der Waals surface area contributed by atoms with Crippen LogP contribution in [0.3, 0.4) is 0 Å². The molecule has 2 rings (SSSR count). The van der Waals surface area contributed by atoms with Gasteiger partial charge in [-0.25, -0.2) is 0 Å². The van der Waals surface area contributed by atoms with E-state index >= 15 is 0 Å². The normalized spacial score (nSPS) is 23.9. The van der Waals surface area contributed by atoms with Gasteiger partial charge in [-0.05, 0) is 18.2 Å². The van der Waals surface area contributed by atoms with Crippen LogP contribution in [0.25, 0.3) is 0 Å². The van der Waals surface area contributed by atoms with E-state index in [0.717, 1.165) is 27.7 Å². The maximum Gasteiger partial charge on any atom is 0.305 e. The number of benzene rings is 1. The molecule has 1 aliphatic rings. The third-order valence-electron chi connectivity index (χ3n) is 4.46. The highest BCUT2D eigenvalue weighted by molar-refractivity contribution is 6.36. The number of nitrogens with one attached hydrogen (secondary N) is 1. The minimum Gasteiger partial charge on any atom is -0.463 e. The van der Waals surface area contributed by atoms with Crippen molar-refractivity contribution in [3.63, 3.8) is 0 Å². The van der Waals surface area contributed by atoms with Crippen LogP contribution in [0.2, 0.25) is 10.0 Å². The molecule has 0 spiro atoms. The lowest BCUT2D eigenvalue weighted by Gasteiger charge is -2.44. The number of ether oxygens (including phenoxy) is 5. The number of esters is 4. The van der Waals surface area contributed by atoms with E-state index < -0.39 is 67.0 Å². The fraction of sp³-hybridized carbons (Fsp3) is 0.476. The molecular formula is C21H23Cl2NO10. The molecule has 1 aliphatic heterocycles. The molecule has 0 aliphatic carbocycles. The highest BCUT2D eigenvalue weighted by atomic mass is 35.5. The number of amides is 1. The Hall–Kier alpha value is -2.89. The van der Waals surface area contributed by atoms with E-state index in [4.69, 9.17) is 46.9 Å². The largest absolute Gasteiger partial charge is 0.463 e. The van der Waals surface area contributed by atoms with Crippen molar-refractivity contribution in [1.29, 1.82) is 0 Å². The van der Waals surface area contributed by atoms with Crippen molar-refractivity contribution in [2.24, 2.45) is 0 Å². The Balaban J connectivity index is 2.48. The summed E-state index contributed by atoms with van der Waals surface area (Å²) >= 11 is 12.0. The molecule has 0 saturated carbocycles. The first-order valence-electron chi connectivity index (χ1n) is 9.95. The minimum absolute atomic E-state index is 0.0142. The highest BCUT2D eigenvalue weighted by Crippen LogP contribution is 2.29. The van der Waals surface area contributed by atoms with Crippen molar-refractivity contribution in [3.05, 3.63) is 33.8 Å². The van der Waals surface area contributed by atoms with E-state index in [-0.39, 0.29) is 10.6 Å². The number of rotatable bonds is 7. The first kappa shape index (κ1) is 27.4. The van der Waals surface area contributed by atoms with Gasteiger partial charge in [0, 0.05) is 32.7 Å². The molecule has 1 heterocycles. The summed E-state index contributed by atoms with van der Waals surface area (Å²) in [4.78, 5) is 59.7. The molecule has 0 bridgehead atoms. The zero-order valence-corrected chi connectivity index (χ0v) is 20.2. The molecule has 1 aromatic carbocycles. The van der Waals surface area contributed by atoms with Crippen molar-refractivity contribution < 1.29 is 47.7 Å². The second kappa shape index (κ2) is 12.0. The first-order valence-corrected chi connectivity index (χ1v) is 10.7. The van der Waals surface area contributed by atoms with E-state index in [2.05, 4.69) is 5.32 Å². The van der Waals surface area contributed by atoms with Crippen molar-refractivity contribution >= 4 is 53.0 Å². The van der Waals surface area contributed by atoms with Gasteiger partial charge in [0.05, 0.1) is 10.6 Å². The standard InChI is InChI=1S/C21H23Cl2NO10/c1-9(25)30-8-16-18(31-10(2)26)19(32-11(3)27)17(21(34-16)33-12(4)28)24-20(29)14-6-5-13(22)7-15(14)23/h5-7,16-19,21H,8H2,1-4H3,(H,24,29)/t16-,17+,18-,19-,21-/m0/s1. The van der Waals surface area contributed by atoms with Crippen LogP contribution in [0.1, 0.15) is 38.1 Å². The molecule has 1 N–H and O–H groups in total. The molecule has 1 fully saturated rings. The second-order valence-corrected chi connectivity index (χ2v) is 8.07. The average Bonchev–Trinajstić information content (AvgIpc) is 2.69. The van der Waals surface area contributed by atoms with E-state index in [1.807, 2.05) is 0 Å². The third-order valence-corrected chi connectivity index (χ3v) is 5.00. The van der Waals surface area contributed by atoms with E-state index in [0.29, 0.717) is 5.02 Å². The maximum atomic E-state index is 13.0. The van der Waals surface area contributed by atoms with Crippen LogP contribution in [-0.4, -0.2) is 67.0 Å². The topological polar surface area (TPSA) is 144 Å². The van der Waals surface area contributed by atoms with Crippen LogP contribution >= 0.6 is 23.2 Å². The number of halogens is 2. The van der Waals surface area contributed by atoms with Crippen LogP contribution in [0.4, 0.5) is 0 Å². The number of hydrogen-bond acceptors (Lipinski definition) is 10. The average molecular weight is 520 g/mol. The summed E-state index contributed by atoms with van der Waals surface area (Å²) in [5.74, 6) is -3.75. The molecule has 1 amide bonds. The lowest BCUT2D eigenvalue weighted by Crippen LogP contribution is -2.67. The Labute approximate surface area is 204 Å². The summed E-state index contributed by atoms with van der Waals surface area (Å²) in [6.45, 7) is 4.02. The maximum absolute atomic E-state index is 13.0. The monoisotopic (exact) mass is 519 g/mol. The summed E-state index contributed by atoms with van der Waals surface area (Å²) in [6, 6.07) is 2.80. The van der Waals surface area contributed by atoms with Crippen LogP contribution in [0, 0.1) is 0 Å². The van der Waals surface area contributed by atoms with E-state index in [1.165, 1.54) is 18.2 Å². The first-order chi connectivity index (χ1) is 15.9. The SMILES string of the molecule is CC(=O)OC[C@@H]1O[C@H](OC(C)=O)[C@H](NC(=O)c2ccc(Cl)cc2Cl)[C@H](OC(C)=O)[C@H]1OC(C)=O. The zero-order chi connectivity index (χ0) is 25.6. The summed E-state index contributed by atoms with van der Waals surface area (Å²) < 4.78 is 26.5. The van der Waals surface area contributed by atoms with Gasteiger partial charge in [0.2, 0.25) is 6.29 Å². The number of hydrogen-bond donors (Lipinski definition) is 1. The van der Waals surface area contributed by atoms with Gasteiger partial charge in [0.15, 0.2) is 12.2 Å². The van der Waals surface area contributed by atoms with Gasteiger partial charge in [0.25, 0.3) is 5.91 Å². The van der Waals surface area contributed by atoms with Gasteiger partial charge in [-0.15, -0.1) is 0 Å². The molecule has 11 nitrogen and oxygen atoms in total. The quantitative estimate of drug-likeness (QED) is 0.418. The van der Waals surface area contributed by atoms with Crippen LogP contribution in [0.5, 0.6) is 0 Å².